The van der Waals surface area contributed by atoms with Crippen LogP contribution in [0.1, 0.15) is 49.5 Å². The van der Waals surface area contributed by atoms with E-state index in [2.05, 4.69) is 9.97 Å². The number of imidazole rings is 1. The molecule has 1 N–H and O–H groups in total. The van der Waals surface area contributed by atoms with E-state index in [1.807, 2.05) is 6.07 Å². The molecule has 3 aromatic rings. The number of hydrogen-bond donors (Lipinski definition) is 1. The first-order valence-corrected chi connectivity index (χ1v) is 9.90. The van der Waals surface area contributed by atoms with Gasteiger partial charge in [0.05, 0.1) is 23.9 Å². The summed E-state index contributed by atoms with van der Waals surface area (Å²) in [5.74, 6) is -0.684. The van der Waals surface area contributed by atoms with Gasteiger partial charge in [-0.05, 0) is 49.9 Å². The number of piperidine rings is 1. The molecule has 4 rings (SSSR count). The number of aromatic nitrogens is 2. The average molecular weight is 395 g/mol. The zero-order valence-corrected chi connectivity index (χ0v) is 16.2. The summed E-state index contributed by atoms with van der Waals surface area (Å²) >= 11 is 0. The Labute approximate surface area is 168 Å². The van der Waals surface area contributed by atoms with Crippen LogP contribution in [0.3, 0.4) is 0 Å². The second kappa shape index (κ2) is 8.15. The van der Waals surface area contributed by atoms with Gasteiger partial charge in [-0.1, -0.05) is 30.3 Å². The topological polar surface area (TPSA) is 49.0 Å². The maximum atomic E-state index is 14.2. The number of H-pyrrole nitrogens is 1. The lowest BCUT2D eigenvalue weighted by Gasteiger charge is -2.36. The van der Waals surface area contributed by atoms with Crippen LogP contribution in [-0.4, -0.2) is 27.3 Å². The van der Waals surface area contributed by atoms with Crippen molar-refractivity contribution >= 4 is 5.91 Å². The van der Waals surface area contributed by atoms with Gasteiger partial charge >= 0.3 is 0 Å². The van der Waals surface area contributed by atoms with Gasteiger partial charge in [0.1, 0.15) is 17.5 Å². The van der Waals surface area contributed by atoms with E-state index < -0.39 is 5.92 Å². The second-order valence-electron chi connectivity index (χ2n) is 7.48. The van der Waals surface area contributed by atoms with E-state index in [1.165, 1.54) is 18.2 Å². The molecule has 1 aliphatic heterocycles. The highest BCUT2D eigenvalue weighted by Crippen LogP contribution is 2.33. The molecule has 1 saturated heterocycles. The van der Waals surface area contributed by atoms with E-state index in [0.717, 1.165) is 19.3 Å². The number of carbonyl (C=O) groups is 1. The Kier molecular flexibility index (Phi) is 5.43. The number of halogens is 2. The van der Waals surface area contributed by atoms with Gasteiger partial charge in [0.25, 0.3) is 0 Å². The smallest absolute Gasteiger partial charge is 0.230 e. The summed E-state index contributed by atoms with van der Waals surface area (Å²) in [5, 5.41) is 0. The molecule has 2 aromatic carbocycles. The molecule has 2 unspecified atom stereocenters. The van der Waals surface area contributed by atoms with E-state index >= 15 is 0 Å². The molecule has 0 radical (unpaired) electrons. The molecule has 0 aliphatic carbocycles. The van der Waals surface area contributed by atoms with Crippen LogP contribution in [0.2, 0.25) is 0 Å². The van der Waals surface area contributed by atoms with Gasteiger partial charge in [0.15, 0.2) is 0 Å². The standard InChI is InChI=1S/C23H23F2N3O/c1-15(18-9-2-3-10-19(18)25)23(29)28-12-5-4-11-21(28)22-26-14-20(27-22)16-7-6-8-17(24)13-16/h2-3,6-10,13-15,21H,4-5,11-12H2,1H3,(H,26,27). The summed E-state index contributed by atoms with van der Waals surface area (Å²) in [7, 11) is 0. The highest BCUT2D eigenvalue weighted by molar-refractivity contribution is 5.84. The lowest BCUT2D eigenvalue weighted by Crippen LogP contribution is -2.41. The highest BCUT2D eigenvalue weighted by Gasteiger charge is 2.33. The van der Waals surface area contributed by atoms with Crippen molar-refractivity contribution in [2.45, 2.75) is 38.1 Å². The van der Waals surface area contributed by atoms with Crippen LogP contribution in [0.25, 0.3) is 11.3 Å². The van der Waals surface area contributed by atoms with E-state index in [1.54, 1.807) is 42.3 Å². The van der Waals surface area contributed by atoms with Gasteiger partial charge in [0.2, 0.25) is 5.91 Å². The number of nitrogens with one attached hydrogen (secondary N) is 1. The molecule has 6 heteroatoms. The van der Waals surface area contributed by atoms with Gasteiger partial charge in [-0.25, -0.2) is 13.8 Å². The van der Waals surface area contributed by atoms with Gasteiger partial charge < -0.3 is 9.88 Å². The largest absolute Gasteiger partial charge is 0.340 e. The minimum Gasteiger partial charge on any atom is -0.340 e. The van der Waals surface area contributed by atoms with Crippen molar-refractivity contribution in [2.75, 3.05) is 6.54 Å². The van der Waals surface area contributed by atoms with Crippen molar-refractivity contribution in [3.8, 4) is 11.3 Å². The molecule has 29 heavy (non-hydrogen) atoms. The molecule has 0 saturated carbocycles. The second-order valence-corrected chi connectivity index (χ2v) is 7.48. The predicted molar refractivity (Wildman–Crippen MR) is 107 cm³/mol. The molecule has 1 aromatic heterocycles. The number of aromatic amines is 1. The van der Waals surface area contributed by atoms with Crippen LogP contribution in [0.15, 0.2) is 54.7 Å². The van der Waals surface area contributed by atoms with Gasteiger partial charge in [-0.15, -0.1) is 0 Å². The fraction of sp³-hybridized carbons (Fsp3) is 0.304. The summed E-state index contributed by atoms with van der Waals surface area (Å²) in [5.41, 5.74) is 1.82. The summed E-state index contributed by atoms with van der Waals surface area (Å²) in [6.45, 7) is 2.35. The third kappa shape index (κ3) is 3.92. The van der Waals surface area contributed by atoms with Crippen LogP contribution in [0, 0.1) is 11.6 Å². The lowest BCUT2D eigenvalue weighted by molar-refractivity contribution is -0.136. The molecule has 4 nitrogen and oxygen atoms in total. The lowest BCUT2D eigenvalue weighted by atomic mass is 9.95. The molecule has 1 fully saturated rings. The minimum atomic E-state index is -0.575. The first kappa shape index (κ1) is 19.3. The highest BCUT2D eigenvalue weighted by atomic mass is 19.1. The molecule has 2 heterocycles. The monoisotopic (exact) mass is 395 g/mol. The van der Waals surface area contributed by atoms with Crippen LogP contribution in [-0.2, 0) is 4.79 Å². The number of hydrogen-bond acceptors (Lipinski definition) is 2. The first-order valence-electron chi connectivity index (χ1n) is 9.90. The Bertz CT molecular complexity index is 1020. The predicted octanol–water partition coefficient (Wildman–Crippen LogP) is 5.21. The zero-order valence-electron chi connectivity index (χ0n) is 16.2. The maximum Gasteiger partial charge on any atom is 0.230 e. The van der Waals surface area contributed by atoms with E-state index in [4.69, 9.17) is 0 Å². The SMILES string of the molecule is CC(C(=O)N1CCCCC1c1ncc(-c2cccc(F)c2)[nH]1)c1ccccc1F. The average Bonchev–Trinajstić information content (AvgIpc) is 3.23. The molecule has 1 aliphatic rings. The Balaban J connectivity index is 1.60. The van der Waals surface area contributed by atoms with Crippen molar-refractivity contribution in [1.29, 1.82) is 0 Å². The normalized spacial score (nSPS) is 17.9. The van der Waals surface area contributed by atoms with Crippen LogP contribution < -0.4 is 0 Å². The molecule has 1 amide bonds. The maximum absolute atomic E-state index is 14.2. The van der Waals surface area contributed by atoms with Crippen molar-refractivity contribution in [3.63, 3.8) is 0 Å². The Morgan fingerprint density at radius 2 is 2.00 bits per heavy atom. The zero-order chi connectivity index (χ0) is 20.4. The first-order chi connectivity index (χ1) is 14.0. The molecule has 2 atom stereocenters. The van der Waals surface area contributed by atoms with Gasteiger partial charge in [-0.2, -0.15) is 0 Å². The molecule has 0 spiro atoms. The third-order valence-corrected chi connectivity index (χ3v) is 5.57. The quantitative estimate of drug-likeness (QED) is 0.659. The molecular weight excluding hydrogens is 372 g/mol. The Hall–Kier alpha value is -3.02. The van der Waals surface area contributed by atoms with Crippen LogP contribution in [0.5, 0.6) is 0 Å². The van der Waals surface area contributed by atoms with E-state index in [-0.39, 0.29) is 23.6 Å². The number of likely N-dealkylation sites (tertiary alicyclic amines) is 1. The molecule has 0 bridgehead atoms. The molecule has 150 valence electrons. The van der Waals surface area contributed by atoms with Crippen LogP contribution in [0.4, 0.5) is 8.78 Å². The minimum absolute atomic E-state index is 0.108. The van der Waals surface area contributed by atoms with Gasteiger partial charge in [-0.3, -0.25) is 4.79 Å². The summed E-state index contributed by atoms with van der Waals surface area (Å²) in [6.07, 6.45) is 4.34. The van der Waals surface area contributed by atoms with Crippen molar-refractivity contribution < 1.29 is 13.6 Å². The Morgan fingerprint density at radius 3 is 2.79 bits per heavy atom. The van der Waals surface area contributed by atoms with Gasteiger partial charge in [0, 0.05) is 12.1 Å². The van der Waals surface area contributed by atoms with Crippen LogP contribution >= 0.6 is 0 Å². The summed E-state index contributed by atoms with van der Waals surface area (Å²) in [4.78, 5) is 22.8. The number of rotatable bonds is 4. The fourth-order valence-electron chi connectivity index (χ4n) is 4.00. The number of benzene rings is 2. The fourth-order valence-corrected chi connectivity index (χ4v) is 4.00. The van der Waals surface area contributed by atoms with Crippen molar-refractivity contribution in [2.24, 2.45) is 0 Å². The number of amides is 1. The summed E-state index contributed by atoms with van der Waals surface area (Å²) < 4.78 is 27.7. The van der Waals surface area contributed by atoms with Crippen molar-refractivity contribution in [1.82, 2.24) is 14.9 Å². The summed E-state index contributed by atoms with van der Waals surface area (Å²) in [6, 6.07) is 12.5. The molecular formula is C23H23F2N3O. The van der Waals surface area contributed by atoms with E-state index in [9.17, 15) is 13.6 Å². The van der Waals surface area contributed by atoms with E-state index in [0.29, 0.717) is 29.2 Å². The van der Waals surface area contributed by atoms with Crippen molar-refractivity contribution in [3.05, 3.63) is 77.8 Å². The Morgan fingerprint density at radius 1 is 1.17 bits per heavy atom. The number of carbonyl (C=O) groups excluding carboxylic acids is 1. The number of nitrogens with zero attached hydrogens (tertiary/aromatic N) is 2. The third-order valence-electron chi connectivity index (χ3n) is 5.57.